The molecule has 0 N–H and O–H groups in total. The third kappa shape index (κ3) is 1.46. The van der Waals surface area contributed by atoms with Gasteiger partial charge in [0.2, 0.25) is 0 Å². The summed E-state index contributed by atoms with van der Waals surface area (Å²) >= 11 is 0. The van der Waals surface area contributed by atoms with Crippen LogP contribution in [0.3, 0.4) is 0 Å². The Balaban J connectivity index is 2.47. The molecule has 18 heavy (non-hydrogen) atoms. The van der Waals surface area contributed by atoms with E-state index in [9.17, 15) is 4.79 Å². The van der Waals surface area contributed by atoms with Crippen LogP contribution < -0.4 is 4.74 Å². The highest BCUT2D eigenvalue weighted by atomic mass is 16.5. The van der Waals surface area contributed by atoms with Gasteiger partial charge in [0.1, 0.15) is 17.1 Å². The number of methoxy groups -OCH3 is 1. The maximum Gasteiger partial charge on any atom is 0.179 e. The Morgan fingerprint density at radius 2 is 2.11 bits per heavy atom. The van der Waals surface area contributed by atoms with Crippen LogP contribution in [0.15, 0.2) is 36.5 Å². The van der Waals surface area contributed by atoms with Crippen LogP contribution in [0.1, 0.15) is 17.4 Å². The van der Waals surface area contributed by atoms with Crippen LogP contribution >= 0.6 is 0 Å². The minimum absolute atomic E-state index is 0.0400. The normalized spacial score (nSPS) is 11.0. The van der Waals surface area contributed by atoms with Crippen molar-refractivity contribution in [2.24, 2.45) is 0 Å². The summed E-state index contributed by atoms with van der Waals surface area (Å²) < 4.78 is 7.27. The Labute approximate surface area is 104 Å². The second kappa shape index (κ2) is 3.84. The number of carbonyl (C=O) groups is 1. The number of aromatic nitrogens is 2. The number of para-hydroxylation sites is 1. The first kappa shape index (κ1) is 10.8. The second-order valence-corrected chi connectivity index (χ2v) is 4.14. The third-order valence-corrected chi connectivity index (χ3v) is 3.00. The van der Waals surface area contributed by atoms with E-state index >= 15 is 0 Å². The molecule has 3 rings (SSSR count). The Hall–Kier alpha value is -2.36. The minimum Gasteiger partial charge on any atom is -0.495 e. The number of hydrogen-bond donors (Lipinski definition) is 0. The lowest BCUT2D eigenvalue weighted by Gasteiger charge is -2.07. The second-order valence-electron chi connectivity index (χ2n) is 4.14. The molecule has 90 valence electrons. The molecule has 0 atom stereocenters. The summed E-state index contributed by atoms with van der Waals surface area (Å²) in [5.74, 6) is 0.729. The van der Waals surface area contributed by atoms with Crippen molar-refractivity contribution in [1.29, 1.82) is 0 Å². The van der Waals surface area contributed by atoms with Gasteiger partial charge in [-0.25, -0.2) is 4.98 Å². The predicted octanol–water partition coefficient (Wildman–Crippen LogP) is 2.70. The number of benzene rings is 1. The van der Waals surface area contributed by atoms with Crippen molar-refractivity contribution in [1.82, 2.24) is 9.38 Å². The Bertz CT molecular complexity index is 759. The highest BCUT2D eigenvalue weighted by Gasteiger charge is 2.10. The van der Waals surface area contributed by atoms with Crippen LogP contribution in [-0.2, 0) is 0 Å². The first-order valence-corrected chi connectivity index (χ1v) is 5.66. The quantitative estimate of drug-likeness (QED) is 0.647. The van der Waals surface area contributed by atoms with E-state index in [-0.39, 0.29) is 5.78 Å². The zero-order chi connectivity index (χ0) is 12.7. The molecule has 0 fully saturated rings. The van der Waals surface area contributed by atoms with E-state index in [1.807, 2.05) is 34.7 Å². The Kier molecular flexibility index (Phi) is 2.30. The summed E-state index contributed by atoms with van der Waals surface area (Å²) in [5, 5.41) is 1.05. The first-order chi connectivity index (χ1) is 8.70. The fraction of sp³-hybridized carbons (Fsp3) is 0.143. The average Bonchev–Trinajstić information content (AvgIpc) is 2.82. The predicted molar refractivity (Wildman–Crippen MR) is 69.3 cm³/mol. The van der Waals surface area contributed by atoms with Crippen molar-refractivity contribution in [2.45, 2.75) is 6.92 Å². The molecule has 2 heterocycles. The fourth-order valence-electron chi connectivity index (χ4n) is 2.12. The van der Waals surface area contributed by atoms with Crippen molar-refractivity contribution in [2.75, 3.05) is 7.11 Å². The van der Waals surface area contributed by atoms with Crippen LogP contribution in [-0.4, -0.2) is 22.3 Å². The topological polar surface area (TPSA) is 43.6 Å². The van der Waals surface area contributed by atoms with Gasteiger partial charge in [0.05, 0.1) is 12.6 Å². The van der Waals surface area contributed by atoms with E-state index < -0.39 is 0 Å². The zero-order valence-electron chi connectivity index (χ0n) is 10.2. The molecule has 0 unspecified atom stereocenters. The van der Waals surface area contributed by atoms with E-state index in [1.165, 1.54) is 6.92 Å². The van der Waals surface area contributed by atoms with Gasteiger partial charge >= 0.3 is 0 Å². The van der Waals surface area contributed by atoms with Crippen molar-refractivity contribution < 1.29 is 9.53 Å². The summed E-state index contributed by atoms with van der Waals surface area (Å²) in [4.78, 5) is 15.7. The Morgan fingerprint density at radius 1 is 1.28 bits per heavy atom. The number of ether oxygens (including phenoxy) is 1. The highest BCUT2D eigenvalue weighted by molar-refractivity contribution is 5.94. The molecule has 0 aliphatic heterocycles. The van der Waals surface area contributed by atoms with Gasteiger partial charge in [-0.3, -0.25) is 9.20 Å². The van der Waals surface area contributed by atoms with E-state index in [2.05, 4.69) is 4.98 Å². The van der Waals surface area contributed by atoms with Crippen LogP contribution in [0.2, 0.25) is 0 Å². The molecule has 0 saturated carbocycles. The number of ketones is 1. The molecule has 0 bridgehead atoms. The largest absolute Gasteiger partial charge is 0.495 e. The van der Waals surface area contributed by atoms with Gasteiger partial charge in [0, 0.05) is 18.5 Å². The third-order valence-electron chi connectivity index (χ3n) is 3.00. The summed E-state index contributed by atoms with van der Waals surface area (Å²) in [6.45, 7) is 1.52. The van der Waals surface area contributed by atoms with Crippen LogP contribution in [0.25, 0.3) is 16.6 Å². The van der Waals surface area contributed by atoms with Crippen molar-refractivity contribution in [3.8, 4) is 5.75 Å². The SMILES string of the molecule is COc1cccc2ccc3nc(C(C)=O)cn3c12. The van der Waals surface area contributed by atoms with Crippen LogP contribution in [0.5, 0.6) is 5.75 Å². The fourth-order valence-corrected chi connectivity index (χ4v) is 2.12. The molecule has 0 spiro atoms. The van der Waals surface area contributed by atoms with E-state index in [4.69, 9.17) is 4.74 Å². The van der Waals surface area contributed by atoms with Crippen molar-refractivity contribution >= 4 is 22.3 Å². The summed E-state index contributed by atoms with van der Waals surface area (Å²) in [6.07, 6.45) is 1.75. The molecule has 4 heteroatoms. The molecular weight excluding hydrogens is 228 g/mol. The van der Waals surface area contributed by atoms with Gasteiger partial charge < -0.3 is 4.74 Å². The molecule has 2 aromatic heterocycles. The van der Waals surface area contributed by atoms with Crippen LogP contribution in [0.4, 0.5) is 0 Å². The van der Waals surface area contributed by atoms with Gasteiger partial charge in [-0.2, -0.15) is 0 Å². The van der Waals surface area contributed by atoms with Gasteiger partial charge in [-0.15, -0.1) is 0 Å². The monoisotopic (exact) mass is 240 g/mol. The zero-order valence-corrected chi connectivity index (χ0v) is 10.2. The maximum absolute atomic E-state index is 11.4. The molecule has 0 saturated heterocycles. The summed E-state index contributed by atoms with van der Waals surface area (Å²) in [7, 11) is 1.64. The van der Waals surface area contributed by atoms with Gasteiger partial charge in [-0.1, -0.05) is 12.1 Å². The lowest BCUT2D eigenvalue weighted by molar-refractivity contribution is 0.101. The molecule has 0 radical (unpaired) electrons. The number of hydrogen-bond acceptors (Lipinski definition) is 3. The number of imidazole rings is 1. The summed E-state index contributed by atoms with van der Waals surface area (Å²) in [6, 6.07) is 9.72. The molecule has 1 aromatic carbocycles. The molecule has 4 nitrogen and oxygen atoms in total. The van der Waals surface area contributed by atoms with Crippen LogP contribution in [0, 0.1) is 0 Å². The molecule has 3 aromatic rings. The van der Waals surface area contributed by atoms with Gasteiger partial charge in [0.25, 0.3) is 0 Å². The molecule has 0 amide bonds. The van der Waals surface area contributed by atoms with Gasteiger partial charge in [0.15, 0.2) is 5.78 Å². The highest BCUT2D eigenvalue weighted by Crippen LogP contribution is 2.26. The summed E-state index contributed by atoms with van der Waals surface area (Å²) in [5.41, 5.74) is 2.14. The first-order valence-electron chi connectivity index (χ1n) is 5.66. The van der Waals surface area contributed by atoms with E-state index in [1.54, 1.807) is 13.3 Å². The molecular formula is C14H12N2O2. The lowest BCUT2D eigenvalue weighted by atomic mass is 10.2. The Morgan fingerprint density at radius 3 is 2.83 bits per heavy atom. The van der Waals surface area contributed by atoms with Crippen molar-refractivity contribution in [3.05, 3.63) is 42.2 Å². The maximum atomic E-state index is 11.4. The minimum atomic E-state index is -0.0400. The molecule has 0 aliphatic rings. The number of carbonyl (C=O) groups excluding carboxylic acids is 1. The average molecular weight is 240 g/mol. The van der Waals surface area contributed by atoms with Crippen molar-refractivity contribution in [3.63, 3.8) is 0 Å². The standard InChI is InChI=1S/C14H12N2O2/c1-9(17)11-8-16-13(15-11)7-6-10-4-3-5-12(18-2)14(10)16/h3-8H,1-2H3. The van der Waals surface area contributed by atoms with Gasteiger partial charge in [-0.05, 0) is 18.2 Å². The molecule has 0 aliphatic carbocycles. The number of fused-ring (bicyclic) bond motifs is 3. The smallest absolute Gasteiger partial charge is 0.179 e. The number of pyridine rings is 1. The number of Topliss-reactive ketones (excluding diaryl/α,β-unsaturated/α-hetero) is 1. The number of rotatable bonds is 2. The van der Waals surface area contributed by atoms with E-state index in [0.717, 1.165) is 22.3 Å². The van der Waals surface area contributed by atoms with E-state index in [0.29, 0.717) is 5.69 Å². The lowest BCUT2D eigenvalue weighted by Crippen LogP contribution is -1.92. The number of nitrogens with zero attached hydrogens (tertiary/aromatic N) is 2.